The Morgan fingerprint density at radius 2 is 1.88 bits per heavy atom. The van der Waals surface area contributed by atoms with Crippen molar-refractivity contribution in [2.24, 2.45) is 4.99 Å². The Kier molecular flexibility index (Phi) is 7.03. The summed E-state index contributed by atoms with van der Waals surface area (Å²) in [5.74, 6) is 0.707. The van der Waals surface area contributed by atoms with Gasteiger partial charge in [-0.1, -0.05) is 47.5 Å². The van der Waals surface area contributed by atoms with Crippen molar-refractivity contribution >= 4 is 63.7 Å². The van der Waals surface area contributed by atoms with E-state index in [-0.39, 0.29) is 11.6 Å². The Bertz CT molecular complexity index is 1260. The number of aliphatic imine (C=N–C) groups is 1. The van der Waals surface area contributed by atoms with Crippen LogP contribution in [0.1, 0.15) is 16.7 Å². The smallest absolute Gasteiger partial charge is 0.363 e. The first kappa shape index (κ1) is 22.6. The average molecular weight is 580 g/mol. The highest BCUT2D eigenvalue weighted by atomic mass is 127. The summed E-state index contributed by atoms with van der Waals surface area (Å²) in [5.41, 5.74) is 2.44. The Balaban J connectivity index is 1.56. The molecule has 8 heteroatoms. The van der Waals surface area contributed by atoms with Crippen LogP contribution in [0.15, 0.2) is 71.4 Å². The summed E-state index contributed by atoms with van der Waals surface area (Å²) in [6.45, 7) is 0.414. The maximum atomic E-state index is 12.3. The number of halogens is 3. The lowest BCUT2D eigenvalue weighted by atomic mass is 10.1. The van der Waals surface area contributed by atoms with Crippen LogP contribution in [-0.2, 0) is 16.1 Å². The number of ether oxygens (including phenoxy) is 3. The van der Waals surface area contributed by atoms with Crippen molar-refractivity contribution < 1.29 is 19.0 Å². The van der Waals surface area contributed by atoms with Crippen LogP contribution in [0.4, 0.5) is 0 Å². The number of methoxy groups -OCH3 is 1. The van der Waals surface area contributed by atoms with Gasteiger partial charge < -0.3 is 14.2 Å². The largest absolute Gasteiger partial charge is 0.493 e. The summed E-state index contributed by atoms with van der Waals surface area (Å²) in [5, 5.41) is 0.831. The van der Waals surface area contributed by atoms with Gasteiger partial charge in [-0.2, -0.15) is 0 Å². The summed E-state index contributed by atoms with van der Waals surface area (Å²) < 4.78 is 17.8. The Morgan fingerprint density at radius 3 is 2.62 bits per heavy atom. The number of carbonyl (C=O) groups is 1. The van der Waals surface area contributed by atoms with E-state index in [1.54, 1.807) is 43.5 Å². The second kappa shape index (κ2) is 9.94. The minimum absolute atomic E-state index is 0.132. The zero-order valence-electron chi connectivity index (χ0n) is 16.8. The van der Waals surface area contributed by atoms with Crippen molar-refractivity contribution in [3.05, 3.63) is 96.7 Å². The van der Waals surface area contributed by atoms with Gasteiger partial charge in [0.15, 0.2) is 17.2 Å². The van der Waals surface area contributed by atoms with E-state index < -0.39 is 5.97 Å². The van der Waals surface area contributed by atoms with Crippen molar-refractivity contribution in [2.75, 3.05) is 7.11 Å². The number of rotatable bonds is 6. The standard InChI is InChI=1S/C24H16Cl2INO4/c1-30-22-11-14(6-9-21(22)31-13-15-4-2-3-5-19(15)27)10-20-24(29)32-23(28-20)17-8-7-16(25)12-18(17)26/h2-12H,13H2,1H3/b20-10-. The topological polar surface area (TPSA) is 57.1 Å². The van der Waals surface area contributed by atoms with Gasteiger partial charge in [-0.15, -0.1) is 0 Å². The van der Waals surface area contributed by atoms with E-state index >= 15 is 0 Å². The lowest BCUT2D eigenvalue weighted by molar-refractivity contribution is -0.129. The molecule has 32 heavy (non-hydrogen) atoms. The molecule has 1 heterocycles. The van der Waals surface area contributed by atoms with Crippen molar-refractivity contribution in [2.45, 2.75) is 6.61 Å². The molecule has 0 fully saturated rings. The highest BCUT2D eigenvalue weighted by molar-refractivity contribution is 14.1. The lowest BCUT2D eigenvalue weighted by Gasteiger charge is -2.12. The zero-order valence-corrected chi connectivity index (χ0v) is 20.4. The highest BCUT2D eigenvalue weighted by Crippen LogP contribution is 2.31. The average Bonchev–Trinajstić information content (AvgIpc) is 3.13. The summed E-state index contributed by atoms with van der Waals surface area (Å²) >= 11 is 14.4. The predicted octanol–water partition coefficient (Wildman–Crippen LogP) is 6.53. The molecule has 0 saturated heterocycles. The molecule has 0 saturated carbocycles. The highest BCUT2D eigenvalue weighted by Gasteiger charge is 2.25. The van der Waals surface area contributed by atoms with E-state index in [2.05, 4.69) is 27.6 Å². The molecule has 3 aromatic rings. The fourth-order valence-electron chi connectivity index (χ4n) is 3.01. The molecule has 0 N–H and O–H groups in total. The monoisotopic (exact) mass is 579 g/mol. The van der Waals surface area contributed by atoms with Crippen LogP contribution < -0.4 is 9.47 Å². The molecule has 4 rings (SSSR count). The molecular formula is C24H16Cl2INO4. The number of benzene rings is 3. The molecule has 162 valence electrons. The molecule has 0 spiro atoms. The molecular weight excluding hydrogens is 564 g/mol. The molecule has 0 amide bonds. The molecule has 5 nitrogen and oxygen atoms in total. The van der Waals surface area contributed by atoms with Crippen LogP contribution in [0.5, 0.6) is 11.5 Å². The van der Waals surface area contributed by atoms with Gasteiger partial charge in [0.2, 0.25) is 5.90 Å². The van der Waals surface area contributed by atoms with Crippen LogP contribution in [0.2, 0.25) is 10.0 Å². The molecule has 0 aromatic heterocycles. The van der Waals surface area contributed by atoms with Gasteiger partial charge in [0.25, 0.3) is 0 Å². The number of carbonyl (C=O) groups excluding carboxylic acids is 1. The van der Waals surface area contributed by atoms with E-state index in [0.29, 0.717) is 39.3 Å². The Morgan fingerprint density at radius 1 is 1.06 bits per heavy atom. The van der Waals surface area contributed by atoms with Crippen molar-refractivity contribution in [1.29, 1.82) is 0 Å². The van der Waals surface area contributed by atoms with Crippen molar-refractivity contribution in [1.82, 2.24) is 0 Å². The second-order valence-electron chi connectivity index (χ2n) is 6.75. The van der Waals surface area contributed by atoms with Crippen LogP contribution >= 0.6 is 45.8 Å². The summed E-state index contributed by atoms with van der Waals surface area (Å²) in [4.78, 5) is 16.6. The van der Waals surface area contributed by atoms with Gasteiger partial charge in [0.1, 0.15) is 6.61 Å². The van der Waals surface area contributed by atoms with E-state index in [1.165, 1.54) is 0 Å². The SMILES string of the molecule is COc1cc(/C=C2\N=C(c3ccc(Cl)cc3Cl)OC2=O)ccc1OCc1ccccc1I. The van der Waals surface area contributed by atoms with Gasteiger partial charge in [-0.25, -0.2) is 9.79 Å². The van der Waals surface area contributed by atoms with Crippen LogP contribution in [-0.4, -0.2) is 19.0 Å². The molecule has 0 unspecified atom stereocenters. The molecule has 0 radical (unpaired) electrons. The summed E-state index contributed by atoms with van der Waals surface area (Å²) in [6, 6.07) is 18.3. The van der Waals surface area contributed by atoms with Crippen LogP contribution in [0.25, 0.3) is 6.08 Å². The normalized spacial score (nSPS) is 14.3. The number of esters is 1. The first-order valence-electron chi connectivity index (χ1n) is 9.47. The first-order valence-corrected chi connectivity index (χ1v) is 11.3. The van der Waals surface area contributed by atoms with E-state index in [4.69, 9.17) is 37.4 Å². The van der Waals surface area contributed by atoms with Gasteiger partial charge in [0, 0.05) is 14.2 Å². The molecule has 3 aromatic carbocycles. The number of hydrogen-bond donors (Lipinski definition) is 0. The van der Waals surface area contributed by atoms with E-state index in [0.717, 1.165) is 9.13 Å². The van der Waals surface area contributed by atoms with Crippen LogP contribution in [0, 0.1) is 3.57 Å². The van der Waals surface area contributed by atoms with Crippen LogP contribution in [0.3, 0.4) is 0 Å². The van der Waals surface area contributed by atoms with Gasteiger partial charge in [-0.05, 0) is 70.6 Å². The molecule has 1 aliphatic heterocycles. The van der Waals surface area contributed by atoms with E-state index in [9.17, 15) is 4.79 Å². The third-order valence-corrected chi connectivity index (χ3v) is 6.21. The quantitative estimate of drug-likeness (QED) is 0.189. The number of hydrogen-bond acceptors (Lipinski definition) is 5. The second-order valence-corrected chi connectivity index (χ2v) is 8.76. The van der Waals surface area contributed by atoms with Gasteiger partial charge in [0.05, 0.1) is 17.7 Å². The van der Waals surface area contributed by atoms with Gasteiger partial charge in [-0.3, -0.25) is 0 Å². The molecule has 0 aliphatic carbocycles. The predicted molar refractivity (Wildman–Crippen MR) is 134 cm³/mol. The van der Waals surface area contributed by atoms with Crippen molar-refractivity contribution in [3.63, 3.8) is 0 Å². The fraction of sp³-hybridized carbons (Fsp3) is 0.0833. The zero-order chi connectivity index (χ0) is 22.7. The number of nitrogens with zero attached hydrogens (tertiary/aromatic N) is 1. The molecule has 1 aliphatic rings. The number of cyclic esters (lactones) is 1. The first-order chi connectivity index (χ1) is 15.4. The minimum atomic E-state index is -0.566. The molecule has 0 atom stereocenters. The summed E-state index contributed by atoms with van der Waals surface area (Å²) in [7, 11) is 1.56. The third kappa shape index (κ3) is 5.09. The third-order valence-electron chi connectivity index (χ3n) is 4.61. The van der Waals surface area contributed by atoms with E-state index in [1.807, 2.05) is 30.3 Å². The fourth-order valence-corrected chi connectivity index (χ4v) is 4.04. The van der Waals surface area contributed by atoms with Crippen molar-refractivity contribution in [3.8, 4) is 11.5 Å². The Hall–Kier alpha value is -2.55. The lowest BCUT2D eigenvalue weighted by Crippen LogP contribution is -2.05. The Labute approximate surface area is 208 Å². The van der Waals surface area contributed by atoms with Gasteiger partial charge >= 0.3 is 5.97 Å². The molecule has 0 bridgehead atoms. The maximum Gasteiger partial charge on any atom is 0.363 e. The minimum Gasteiger partial charge on any atom is -0.493 e. The maximum absolute atomic E-state index is 12.3. The summed E-state index contributed by atoms with van der Waals surface area (Å²) in [6.07, 6.45) is 1.62.